The molecule has 0 unspecified atom stereocenters. The van der Waals surface area contributed by atoms with Gasteiger partial charge >= 0.3 is 0 Å². The summed E-state index contributed by atoms with van der Waals surface area (Å²) in [5.74, 6) is 1.33. The van der Waals surface area contributed by atoms with Crippen molar-refractivity contribution in [3.8, 4) is 0 Å². The minimum absolute atomic E-state index is 0. The number of rotatable bonds is 7. The largest absolute Gasteiger partial charge is 0.357 e. The molecule has 2 heterocycles. The van der Waals surface area contributed by atoms with E-state index in [1.165, 1.54) is 11.3 Å². The van der Waals surface area contributed by atoms with Gasteiger partial charge in [-0.05, 0) is 12.8 Å². The van der Waals surface area contributed by atoms with Crippen molar-refractivity contribution < 1.29 is 0 Å². The number of hydrogen-bond donors (Lipinski definition) is 1. The van der Waals surface area contributed by atoms with E-state index in [1.807, 2.05) is 11.7 Å². The van der Waals surface area contributed by atoms with E-state index >= 15 is 0 Å². The molecule has 0 fully saturated rings. The van der Waals surface area contributed by atoms with E-state index in [2.05, 4.69) is 75.5 Å². The van der Waals surface area contributed by atoms with E-state index in [1.54, 1.807) is 11.3 Å². The Hall–Kier alpha value is -1.16. The zero-order valence-corrected chi connectivity index (χ0v) is 22.3. The molecule has 0 aliphatic heterocycles. The molecule has 0 aliphatic rings. The quantitative estimate of drug-likeness (QED) is 0.323. The van der Waals surface area contributed by atoms with E-state index in [-0.39, 0.29) is 29.4 Å². The van der Waals surface area contributed by atoms with Crippen LogP contribution in [-0.2, 0) is 25.4 Å². The van der Waals surface area contributed by atoms with E-state index in [4.69, 9.17) is 9.98 Å². The van der Waals surface area contributed by atoms with Crippen molar-refractivity contribution in [3.05, 3.63) is 33.5 Å². The number of hydrogen-bond acceptors (Lipinski definition) is 4. The van der Waals surface area contributed by atoms with Crippen LogP contribution in [0, 0.1) is 0 Å². The van der Waals surface area contributed by atoms with Gasteiger partial charge in [0.1, 0.15) is 0 Å². The Kier molecular flexibility index (Phi) is 10.1. The van der Waals surface area contributed by atoms with E-state index in [9.17, 15) is 0 Å². The SMILES string of the molecule is CCNC(=NCCc1nc(C(C)(C)C)cs1)N(C)Cc1cn(C)nc1C(C)C.I. The average molecular weight is 533 g/mol. The van der Waals surface area contributed by atoms with Crippen LogP contribution in [0.4, 0.5) is 0 Å². The monoisotopic (exact) mass is 532 g/mol. The van der Waals surface area contributed by atoms with Gasteiger partial charge in [-0.1, -0.05) is 34.6 Å². The molecule has 0 aliphatic carbocycles. The molecular weight excluding hydrogens is 495 g/mol. The molecule has 6 nitrogen and oxygen atoms in total. The molecular formula is C21H37IN6S. The Morgan fingerprint density at radius 1 is 1.34 bits per heavy atom. The number of guanidine groups is 1. The number of aromatic nitrogens is 3. The van der Waals surface area contributed by atoms with E-state index in [0.29, 0.717) is 5.92 Å². The Morgan fingerprint density at radius 3 is 2.59 bits per heavy atom. The molecule has 2 aromatic heterocycles. The summed E-state index contributed by atoms with van der Waals surface area (Å²) >= 11 is 1.73. The second kappa shape index (κ2) is 11.3. The van der Waals surface area contributed by atoms with Crippen molar-refractivity contribution in [2.75, 3.05) is 20.1 Å². The molecule has 2 aromatic rings. The second-order valence-electron chi connectivity index (χ2n) is 8.59. The number of aryl methyl sites for hydroxylation is 1. The molecule has 0 aromatic carbocycles. The maximum absolute atomic E-state index is 4.83. The molecule has 0 saturated heterocycles. The minimum Gasteiger partial charge on any atom is -0.357 e. The van der Waals surface area contributed by atoms with Crippen LogP contribution in [0.15, 0.2) is 16.6 Å². The summed E-state index contributed by atoms with van der Waals surface area (Å²) in [5, 5.41) is 11.3. The number of halogens is 1. The summed E-state index contributed by atoms with van der Waals surface area (Å²) in [6, 6.07) is 0. The molecule has 1 N–H and O–H groups in total. The third-order valence-corrected chi connectivity index (χ3v) is 5.40. The van der Waals surface area contributed by atoms with Crippen LogP contribution in [0.25, 0.3) is 0 Å². The molecule has 0 amide bonds. The van der Waals surface area contributed by atoms with Crippen molar-refractivity contribution in [1.29, 1.82) is 0 Å². The summed E-state index contributed by atoms with van der Waals surface area (Å²) in [6.45, 7) is 15.4. The second-order valence-corrected chi connectivity index (χ2v) is 9.53. The number of thiazole rings is 1. The smallest absolute Gasteiger partial charge is 0.193 e. The first-order valence-corrected chi connectivity index (χ1v) is 11.0. The van der Waals surface area contributed by atoms with E-state index in [0.717, 1.165) is 42.7 Å². The first-order chi connectivity index (χ1) is 13.1. The van der Waals surface area contributed by atoms with Gasteiger partial charge in [-0.25, -0.2) is 4.98 Å². The molecule has 0 atom stereocenters. The average Bonchev–Trinajstić information content (AvgIpc) is 3.20. The van der Waals surface area contributed by atoms with Crippen molar-refractivity contribution in [1.82, 2.24) is 25.0 Å². The minimum atomic E-state index is 0. The van der Waals surface area contributed by atoms with Gasteiger partial charge in [-0.2, -0.15) is 5.10 Å². The lowest BCUT2D eigenvalue weighted by molar-refractivity contribution is 0.473. The number of nitrogens with one attached hydrogen (secondary N) is 1. The number of nitrogens with zero attached hydrogens (tertiary/aromatic N) is 5. The van der Waals surface area contributed by atoms with Gasteiger partial charge in [-0.3, -0.25) is 9.67 Å². The van der Waals surface area contributed by atoms with Crippen LogP contribution in [0.2, 0.25) is 0 Å². The highest BCUT2D eigenvalue weighted by Crippen LogP contribution is 2.24. The van der Waals surface area contributed by atoms with Gasteiger partial charge in [0, 0.05) is 62.7 Å². The van der Waals surface area contributed by atoms with Gasteiger partial charge in [0.15, 0.2) is 5.96 Å². The maximum atomic E-state index is 4.83. The summed E-state index contributed by atoms with van der Waals surface area (Å²) in [4.78, 5) is 11.8. The molecule has 2 rings (SSSR count). The topological polar surface area (TPSA) is 58.3 Å². The molecule has 8 heteroatoms. The fraction of sp³-hybridized carbons (Fsp3) is 0.667. The van der Waals surface area contributed by atoms with Gasteiger partial charge in [0.2, 0.25) is 0 Å². The molecule has 29 heavy (non-hydrogen) atoms. The van der Waals surface area contributed by atoms with Gasteiger partial charge < -0.3 is 10.2 Å². The molecule has 0 radical (unpaired) electrons. The van der Waals surface area contributed by atoms with Crippen LogP contribution in [0.5, 0.6) is 0 Å². The summed E-state index contributed by atoms with van der Waals surface area (Å²) in [6.07, 6.45) is 2.98. The Balaban J connectivity index is 0.00000420. The van der Waals surface area contributed by atoms with Gasteiger partial charge in [0.25, 0.3) is 0 Å². The van der Waals surface area contributed by atoms with Crippen molar-refractivity contribution >= 4 is 41.3 Å². The molecule has 0 spiro atoms. The normalized spacial score (nSPS) is 12.2. The van der Waals surface area contributed by atoms with E-state index < -0.39 is 0 Å². The fourth-order valence-electron chi connectivity index (χ4n) is 2.99. The third-order valence-electron chi connectivity index (χ3n) is 4.50. The first-order valence-electron chi connectivity index (χ1n) is 10.1. The molecule has 0 saturated carbocycles. The zero-order valence-electron chi connectivity index (χ0n) is 19.1. The van der Waals surface area contributed by atoms with Crippen LogP contribution in [0.1, 0.15) is 69.4 Å². The lowest BCUT2D eigenvalue weighted by Crippen LogP contribution is -2.38. The predicted octanol–water partition coefficient (Wildman–Crippen LogP) is 4.56. The Bertz CT molecular complexity index is 787. The first kappa shape index (κ1) is 25.9. The third kappa shape index (κ3) is 7.55. The zero-order chi connectivity index (χ0) is 20.9. The van der Waals surface area contributed by atoms with Crippen LogP contribution in [-0.4, -0.2) is 45.8 Å². The van der Waals surface area contributed by atoms with Crippen molar-refractivity contribution in [2.24, 2.45) is 12.0 Å². The van der Waals surface area contributed by atoms with Crippen LogP contribution in [0.3, 0.4) is 0 Å². The van der Waals surface area contributed by atoms with Gasteiger partial charge in [-0.15, -0.1) is 35.3 Å². The summed E-state index contributed by atoms with van der Waals surface area (Å²) in [7, 11) is 4.06. The molecule has 164 valence electrons. The molecule has 0 bridgehead atoms. The maximum Gasteiger partial charge on any atom is 0.193 e. The Labute approximate surface area is 197 Å². The predicted molar refractivity (Wildman–Crippen MR) is 135 cm³/mol. The van der Waals surface area contributed by atoms with Crippen molar-refractivity contribution in [3.63, 3.8) is 0 Å². The highest BCUT2D eigenvalue weighted by atomic mass is 127. The lowest BCUT2D eigenvalue weighted by Gasteiger charge is -2.22. The number of aliphatic imine (C=N–C) groups is 1. The summed E-state index contributed by atoms with van der Waals surface area (Å²) < 4.78 is 1.90. The summed E-state index contributed by atoms with van der Waals surface area (Å²) in [5.41, 5.74) is 3.67. The van der Waals surface area contributed by atoms with Crippen LogP contribution < -0.4 is 5.32 Å². The fourth-order valence-corrected chi connectivity index (χ4v) is 4.00. The highest BCUT2D eigenvalue weighted by molar-refractivity contribution is 14.0. The van der Waals surface area contributed by atoms with Crippen LogP contribution >= 0.6 is 35.3 Å². The lowest BCUT2D eigenvalue weighted by atomic mass is 9.93. The van der Waals surface area contributed by atoms with Crippen molar-refractivity contribution in [2.45, 2.75) is 65.8 Å². The Morgan fingerprint density at radius 2 is 2.03 bits per heavy atom. The standard InChI is InChI=1S/C21H36N6S.HI/c1-9-22-20(23-11-10-18-24-17(14-28-18)21(4,5)6)26(7)12-16-13-27(8)25-19(16)15(2)3;/h13-15H,9-12H2,1-8H3,(H,22,23);1H. The highest BCUT2D eigenvalue weighted by Gasteiger charge is 2.18. The van der Waals surface area contributed by atoms with Gasteiger partial charge in [0.05, 0.1) is 16.4 Å².